The third-order valence-corrected chi connectivity index (χ3v) is 4.11. The molecule has 0 atom stereocenters. The van der Waals surface area contributed by atoms with Gasteiger partial charge >= 0.3 is 0 Å². The quantitative estimate of drug-likeness (QED) is 0.846. The molecule has 1 saturated carbocycles. The molecule has 110 valence electrons. The second-order valence-corrected chi connectivity index (χ2v) is 5.42. The van der Waals surface area contributed by atoms with Gasteiger partial charge in [0.25, 0.3) is 0 Å². The number of hydrogen-bond acceptors (Lipinski definition) is 5. The van der Waals surface area contributed by atoms with Crippen molar-refractivity contribution in [2.45, 2.75) is 25.0 Å². The SMILES string of the molecule is COc1cc(N)ccc1OC1CC(N2CCOCC2)C1. The highest BCUT2D eigenvalue weighted by Gasteiger charge is 2.36. The zero-order chi connectivity index (χ0) is 13.9. The van der Waals surface area contributed by atoms with E-state index in [1.54, 1.807) is 13.2 Å². The number of nitrogens with two attached hydrogens (primary N) is 1. The van der Waals surface area contributed by atoms with Crippen LogP contribution in [0.5, 0.6) is 11.5 Å². The Morgan fingerprint density at radius 2 is 1.95 bits per heavy atom. The van der Waals surface area contributed by atoms with Crippen molar-refractivity contribution >= 4 is 5.69 Å². The Kier molecular flexibility index (Phi) is 3.98. The van der Waals surface area contributed by atoms with Crippen LogP contribution in [0.2, 0.25) is 0 Å². The van der Waals surface area contributed by atoms with Gasteiger partial charge in [-0.05, 0) is 12.1 Å². The molecule has 1 aromatic carbocycles. The average Bonchev–Trinajstić information content (AvgIpc) is 2.44. The first kappa shape index (κ1) is 13.5. The molecule has 0 amide bonds. The number of methoxy groups -OCH3 is 1. The topological polar surface area (TPSA) is 57.0 Å². The Morgan fingerprint density at radius 3 is 2.65 bits per heavy atom. The standard InChI is InChI=1S/C15H22N2O3/c1-18-15-8-11(16)2-3-14(15)20-13-9-12(10-13)17-4-6-19-7-5-17/h2-3,8,12-13H,4-7,9-10,16H2,1H3. The normalized spacial score (nSPS) is 26.9. The summed E-state index contributed by atoms with van der Waals surface area (Å²) < 4.78 is 16.7. The molecular weight excluding hydrogens is 256 g/mol. The molecule has 2 fully saturated rings. The van der Waals surface area contributed by atoms with Gasteiger partial charge in [0.05, 0.1) is 20.3 Å². The molecular formula is C15H22N2O3. The minimum atomic E-state index is 0.278. The van der Waals surface area contributed by atoms with Crippen LogP contribution < -0.4 is 15.2 Å². The second kappa shape index (κ2) is 5.89. The molecule has 0 aromatic heterocycles. The van der Waals surface area contributed by atoms with E-state index in [2.05, 4.69) is 4.90 Å². The van der Waals surface area contributed by atoms with Gasteiger partial charge in [0.1, 0.15) is 6.10 Å². The summed E-state index contributed by atoms with van der Waals surface area (Å²) >= 11 is 0. The van der Waals surface area contributed by atoms with E-state index < -0.39 is 0 Å². The second-order valence-electron chi connectivity index (χ2n) is 5.42. The Morgan fingerprint density at radius 1 is 1.20 bits per heavy atom. The highest BCUT2D eigenvalue weighted by Crippen LogP contribution is 2.35. The first-order valence-corrected chi connectivity index (χ1v) is 7.18. The third-order valence-electron chi connectivity index (χ3n) is 4.11. The molecule has 20 heavy (non-hydrogen) atoms. The number of rotatable bonds is 4. The number of nitrogen functional groups attached to an aromatic ring is 1. The average molecular weight is 278 g/mol. The van der Waals surface area contributed by atoms with Gasteiger partial charge in [-0.1, -0.05) is 0 Å². The molecule has 1 heterocycles. The fraction of sp³-hybridized carbons (Fsp3) is 0.600. The van der Waals surface area contributed by atoms with Gasteiger partial charge in [-0.15, -0.1) is 0 Å². The summed E-state index contributed by atoms with van der Waals surface area (Å²) in [7, 11) is 1.64. The van der Waals surface area contributed by atoms with Crippen molar-refractivity contribution in [2.24, 2.45) is 0 Å². The van der Waals surface area contributed by atoms with Crippen LogP contribution in [0.25, 0.3) is 0 Å². The van der Waals surface area contributed by atoms with Crippen molar-refractivity contribution in [1.82, 2.24) is 4.90 Å². The van der Waals surface area contributed by atoms with Crippen molar-refractivity contribution < 1.29 is 14.2 Å². The fourth-order valence-corrected chi connectivity index (χ4v) is 2.84. The molecule has 3 rings (SSSR count). The first-order valence-electron chi connectivity index (χ1n) is 7.18. The van der Waals surface area contributed by atoms with E-state index in [1.807, 2.05) is 12.1 Å². The maximum absolute atomic E-state index is 6.01. The van der Waals surface area contributed by atoms with E-state index in [1.165, 1.54) is 0 Å². The van der Waals surface area contributed by atoms with E-state index >= 15 is 0 Å². The molecule has 5 nitrogen and oxygen atoms in total. The minimum Gasteiger partial charge on any atom is -0.493 e. The fourth-order valence-electron chi connectivity index (χ4n) is 2.84. The molecule has 0 spiro atoms. The molecule has 2 aliphatic rings. The number of morpholine rings is 1. The van der Waals surface area contributed by atoms with Gasteiger partial charge in [-0.25, -0.2) is 0 Å². The van der Waals surface area contributed by atoms with Gasteiger partial charge in [-0.2, -0.15) is 0 Å². The lowest BCUT2D eigenvalue weighted by molar-refractivity contribution is -0.0378. The van der Waals surface area contributed by atoms with Gasteiger partial charge in [0.2, 0.25) is 0 Å². The summed E-state index contributed by atoms with van der Waals surface area (Å²) in [6.45, 7) is 3.80. The van der Waals surface area contributed by atoms with Gasteiger partial charge in [-0.3, -0.25) is 4.90 Å². The Bertz CT molecular complexity index is 454. The van der Waals surface area contributed by atoms with Crippen LogP contribution in [0.4, 0.5) is 5.69 Å². The van der Waals surface area contributed by atoms with E-state index in [9.17, 15) is 0 Å². The van der Waals surface area contributed by atoms with Crippen LogP contribution in [0.3, 0.4) is 0 Å². The molecule has 0 radical (unpaired) electrons. The zero-order valence-corrected chi connectivity index (χ0v) is 11.9. The predicted octanol–water partition coefficient (Wildman–Crippen LogP) is 1.52. The van der Waals surface area contributed by atoms with Crippen molar-refractivity contribution in [3.8, 4) is 11.5 Å². The van der Waals surface area contributed by atoms with Crippen molar-refractivity contribution in [3.63, 3.8) is 0 Å². The highest BCUT2D eigenvalue weighted by atomic mass is 16.5. The highest BCUT2D eigenvalue weighted by molar-refractivity contribution is 5.52. The number of nitrogens with zero attached hydrogens (tertiary/aromatic N) is 1. The van der Waals surface area contributed by atoms with Crippen molar-refractivity contribution in [3.05, 3.63) is 18.2 Å². The predicted molar refractivity (Wildman–Crippen MR) is 77.2 cm³/mol. The molecule has 1 aliphatic carbocycles. The minimum absolute atomic E-state index is 0.278. The Labute approximate surface area is 119 Å². The number of benzene rings is 1. The molecule has 0 bridgehead atoms. The maximum Gasteiger partial charge on any atom is 0.162 e. The summed E-state index contributed by atoms with van der Waals surface area (Å²) in [5.74, 6) is 1.49. The summed E-state index contributed by atoms with van der Waals surface area (Å²) in [5.41, 5.74) is 6.43. The summed E-state index contributed by atoms with van der Waals surface area (Å²) in [6, 6.07) is 6.17. The maximum atomic E-state index is 6.01. The summed E-state index contributed by atoms with van der Waals surface area (Å²) in [4.78, 5) is 2.50. The molecule has 5 heteroatoms. The smallest absolute Gasteiger partial charge is 0.162 e. The van der Waals surface area contributed by atoms with Crippen LogP contribution in [-0.4, -0.2) is 50.5 Å². The summed E-state index contributed by atoms with van der Waals surface area (Å²) in [6.07, 6.45) is 2.43. The molecule has 1 aromatic rings. The van der Waals surface area contributed by atoms with Crippen LogP contribution >= 0.6 is 0 Å². The van der Waals surface area contributed by atoms with Gasteiger partial charge < -0.3 is 19.9 Å². The number of hydrogen-bond donors (Lipinski definition) is 1. The van der Waals surface area contributed by atoms with Crippen molar-refractivity contribution in [2.75, 3.05) is 39.1 Å². The number of anilines is 1. The van der Waals surface area contributed by atoms with Crippen molar-refractivity contribution in [1.29, 1.82) is 0 Å². The molecule has 1 saturated heterocycles. The zero-order valence-electron chi connectivity index (χ0n) is 11.9. The largest absolute Gasteiger partial charge is 0.493 e. The Hall–Kier alpha value is -1.46. The lowest BCUT2D eigenvalue weighted by atomic mass is 9.87. The van der Waals surface area contributed by atoms with Crippen LogP contribution in [0.1, 0.15) is 12.8 Å². The molecule has 1 aliphatic heterocycles. The van der Waals surface area contributed by atoms with E-state index in [0.717, 1.165) is 44.9 Å². The Balaban J connectivity index is 1.53. The van der Waals surface area contributed by atoms with E-state index in [0.29, 0.717) is 17.5 Å². The first-order chi connectivity index (χ1) is 9.76. The van der Waals surface area contributed by atoms with E-state index in [4.69, 9.17) is 19.9 Å². The number of ether oxygens (including phenoxy) is 3. The van der Waals surface area contributed by atoms with Crippen LogP contribution in [0, 0.1) is 0 Å². The van der Waals surface area contributed by atoms with Crippen LogP contribution in [-0.2, 0) is 4.74 Å². The van der Waals surface area contributed by atoms with E-state index in [-0.39, 0.29) is 6.10 Å². The lowest BCUT2D eigenvalue weighted by Crippen LogP contribution is -2.52. The summed E-state index contributed by atoms with van der Waals surface area (Å²) in [5, 5.41) is 0. The monoisotopic (exact) mass is 278 g/mol. The van der Waals surface area contributed by atoms with Gasteiger partial charge in [0, 0.05) is 43.7 Å². The van der Waals surface area contributed by atoms with Crippen LogP contribution in [0.15, 0.2) is 18.2 Å². The molecule has 0 unspecified atom stereocenters. The molecule has 2 N–H and O–H groups in total. The lowest BCUT2D eigenvalue weighted by Gasteiger charge is -2.44. The van der Waals surface area contributed by atoms with Gasteiger partial charge in [0.15, 0.2) is 11.5 Å². The third kappa shape index (κ3) is 2.83.